The lowest BCUT2D eigenvalue weighted by Crippen LogP contribution is -2.16. The zero-order chi connectivity index (χ0) is 25.0. The van der Waals surface area contributed by atoms with Crippen LogP contribution in [0.4, 0.5) is 4.39 Å². The number of carboxylic acids is 1. The maximum atomic E-state index is 14.9. The van der Waals surface area contributed by atoms with Gasteiger partial charge in [0, 0.05) is 6.42 Å². The number of aliphatic carboxylic acids is 1. The van der Waals surface area contributed by atoms with Gasteiger partial charge in [0.1, 0.15) is 6.61 Å². The van der Waals surface area contributed by atoms with Gasteiger partial charge in [0.25, 0.3) is 0 Å². The zero-order valence-electron chi connectivity index (χ0n) is 20.9. The van der Waals surface area contributed by atoms with Crippen molar-refractivity contribution < 1.29 is 19.0 Å². The first-order valence-electron chi connectivity index (χ1n) is 12.6. The van der Waals surface area contributed by atoms with Crippen LogP contribution in [-0.4, -0.2) is 11.1 Å². The Morgan fingerprint density at radius 1 is 1.09 bits per heavy atom. The molecule has 1 N–H and O–H groups in total. The molecule has 0 aliphatic heterocycles. The summed E-state index contributed by atoms with van der Waals surface area (Å²) in [5.74, 6) is -0.796. The molecule has 1 saturated carbocycles. The van der Waals surface area contributed by atoms with Gasteiger partial charge in [-0.05, 0) is 76.5 Å². The Bertz CT molecular complexity index is 1200. The molecule has 0 spiro atoms. The fourth-order valence-electron chi connectivity index (χ4n) is 5.38. The van der Waals surface area contributed by atoms with Crippen molar-refractivity contribution in [1.29, 1.82) is 0 Å². The highest BCUT2D eigenvalue weighted by Crippen LogP contribution is 2.51. The lowest BCUT2D eigenvalue weighted by Gasteiger charge is -2.30. The van der Waals surface area contributed by atoms with Gasteiger partial charge in [0.2, 0.25) is 0 Å². The van der Waals surface area contributed by atoms with E-state index in [0.29, 0.717) is 11.5 Å². The van der Waals surface area contributed by atoms with Gasteiger partial charge in [-0.1, -0.05) is 81.8 Å². The molecule has 0 saturated heterocycles. The van der Waals surface area contributed by atoms with Gasteiger partial charge in [0.05, 0.1) is 0 Å². The van der Waals surface area contributed by atoms with E-state index in [1.54, 1.807) is 18.2 Å². The molecule has 1 aliphatic carbocycles. The Morgan fingerprint density at radius 2 is 1.89 bits per heavy atom. The first kappa shape index (κ1) is 25.0. The van der Waals surface area contributed by atoms with E-state index in [4.69, 9.17) is 9.84 Å². The first-order valence-corrected chi connectivity index (χ1v) is 12.6. The maximum Gasteiger partial charge on any atom is 0.303 e. The Kier molecular flexibility index (Phi) is 7.59. The predicted molar refractivity (Wildman–Crippen MR) is 138 cm³/mol. The van der Waals surface area contributed by atoms with Gasteiger partial charge in [0.15, 0.2) is 11.6 Å². The number of halogens is 1. The minimum Gasteiger partial charge on any atom is -0.486 e. The van der Waals surface area contributed by atoms with Crippen molar-refractivity contribution in [2.45, 2.75) is 71.8 Å². The van der Waals surface area contributed by atoms with E-state index < -0.39 is 11.8 Å². The fraction of sp³-hybridized carbons (Fsp3) is 0.387. The third-order valence-corrected chi connectivity index (χ3v) is 7.44. The molecule has 0 aromatic heterocycles. The van der Waals surface area contributed by atoms with E-state index in [9.17, 15) is 9.18 Å². The van der Waals surface area contributed by atoms with Crippen LogP contribution in [0.2, 0.25) is 0 Å². The quantitative estimate of drug-likeness (QED) is 0.342. The lowest BCUT2D eigenvalue weighted by molar-refractivity contribution is -0.136. The molecule has 184 valence electrons. The fourth-order valence-corrected chi connectivity index (χ4v) is 5.38. The highest BCUT2D eigenvalue weighted by molar-refractivity contribution is 5.70. The second kappa shape index (κ2) is 10.6. The Hall–Kier alpha value is -3.14. The number of ether oxygens (including phenoxy) is 1. The molecule has 35 heavy (non-hydrogen) atoms. The molecule has 0 radical (unpaired) electrons. The van der Waals surface area contributed by atoms with Gasteiger partial charge >= 0.3 is 5.97 Å². The second-order valence-corrected chi connectivity index (χ2v) is 10.3. The average Bonchev–Trinajstić information content (AvgIpc) is 3.21. The molecule has 0 unspecified atom stereocenters. The van der Waals surface area contributed by atoms with Crippen LogP contribution >= 0.6 is 0 Å². The van der Waals surface area contributed by atoms with Crippen molar-refractivity contribution >= 4 is 5.97 Å². The van der Waals surface area contributed by atoms with Gasteiger partial charge in [-0.3, -0.25) is 4.79 Å². The Morgan fingerprint density at radius 3 is 2.60 bits per heavy atom. The molecule has 0 heterocycles. The number of aryl methyl sites for hydroxylation is 2. The molecule has 0 bridgehead atoms. The van der Waals surface area contributed by atoms with Crippen LogP contribution in [0.1, 0.15) is 74.6 Å². The van der Waals surface area contributed by atoms with E-state index in [1.807, 2.05) is 0 Å². The molecule has 1 atom stereocenters. The van der Waals surface area contributed by atoms with E-state index in [2.05, 4.69) is 63.2 Å². The van der Waals surface area contributed by atoms with Crippen molar-refractivity contribution in [3.63, 3.8) is 0 Å². The summed E-state index contributed by atoms with van der Waals surface area (Å²) < 4.78 is 20.8. The summed E-state index contributed by atoms with van der Waals surface area (Å²) in [7, 11) is 0. The molecule has 3 aromatic carbocycles. The zero-order valence-corrected chi connectivity index (χ0v) is 20.9. The number of hydrogen-bond acceptors (Lipinski definition) is 2. The normalized spacial score (nSPS) is 16.9. The maximum absolute atomic E-state index is 14.9. The Labute approximate surface area is 208 Å². The van der Waals surface area contributed by atoms with Gasteiger partial charge in [-0.25, -0.2) is 4.39 Å². The molecular formula is C31H35FO3. The summed E-state index contributed by atoms with van der Waals surface area (Å²) in [6, 6.07) is 20.2. The van der Waals surface area contributed by atoms with E-state index in [-0.39, 0.29) is 30.6 Å². The smallest absolute Gasteiger partial charge is 0.303 e. The second-order valence-electron chi connectivity index (χ2n) is 10.3. The van der Waals surface area contributed by atoms with Crippen LogP contribution < -0.4 is 4.74 Å². The molecule has 3 nitrogen and oxygen atoms in total. The molecule has 0 amide bonds. The van der Waals surface area contributed by atoms with Crippen molar-refractivity contribution in [1.82, 2.24) is 0 Å². The highest BCUT2D eigenvalue weighted by Gasteiger charge is 2.36. The third-order valence-electron chi connectivity index (χ3n) is 7.44. The number of carbonyl (C=O) groups is 1. The average molecular weight is 475 g/mol. The summed E-state index contributed by atoms with van der Waals surface area (Å²) in [5, 5.41) is 8.92. The predicted octanol–water partition coefficient (Wildman–Crippen LogP) is 7.95. The van der Waals surface area contributed by atoms with Crippen LogP contribution in [-0.2, 0) is 24.2 Å². The minimum atomic E-state index is -0.942. The molecule has 1 fully saturated rings. The third kappa shape index (κ3) is 5.75. The van der Waals surface area contributed by atoms with Crippen LogP contribution in [0.15, 0.2) is 60.7 Å². The highest BCUT2D eigenvalue weighted by atomic mass is 19.1. The largest absolute Gasteiger partial charge is 0.486 e. The van der Waals surface area contributed by atoms with Crippen molar-refractivity contribution in [3.05, 3.63) is 88.7 Å². The van der Waals surface area contributed by atoms with Gasteiger partial charge < -0.3 is 9.84 Å². The molecule has 1 aliphatic rings. The van der Waals surface area contributed by atoms with Crippen molar-refractivity contribution in [3.8, 4) is 16.9 Å². The first-order chi connectivity index (χ1) is 16.8. The minimum absolute atomic E-state index is 0.110. The van der Waals surface area contributed by atoms with E-state index in [1.165, 1.54) is 35.1 Å². The van der Waals surface area contributed by atoms with E-state index >= 15 is 0 Å². The van der Waals surface area contributed by atoms with Gasteiger partial charge in [-0.15, -0.1) is 0 Å². The lowest BCUT2D eigenvalue weighted by atomic mass is 9.75. The van der Waals surface area contributed by atoms with Crippen LogP contribution in [0, 0.1) is 11.2 Å². The van der Waals surface area contributed by atoms with Crippen LogP contribution in [0.3, 0.4) is 0 Å². The Balaban J connectivity index is 1.63. The molecule has 3 aromatic rings. The number of hydrogen-bond donors (Lipinski definition) is 1. The van der Waals surface area contributed by atoms with Crippen LogP contribution in [0.25, 0.3) is 11.1 Å². The topological polar surface area (TPSA) is 46.5 Å². The summed E-state index contributed by atoms with van der Waals surface area (Å²) in [4.78, 5) is 10.9. The SMILES string of the molecule is CCc1cccc(-c2ccc(COc3cccc(CCC(=O)O)c3F)cc2[C@@H]2CCCC2(C)C)c1. The van der Waals surface area contributed by atoms with Crippen molar-refractivity contribution in [2.75, 3.05) is 0 Å². The standard InChI is InChI=1S/C31H35FO3/c1-4-21-8-5-10-24(18-21)25-15-13-22(19-26(25)27-11-7-17-31(27,2)3)20-35-28-12-6-9-23(30(28)32)14-16-29(33)34/h5-6,8-10,12-13,15,18-19,27H,4,7,11,14,16-17,20H2,1-3H3,(H,33,34)/t27-/m0/s1. The summed E-state index contributed by atoms with van der Waals surface area (Å²) >= 11 is 0. The van der Waals surface area contributed by atoms with Gasteiger partial charge in [-0.2, -0.15) is 0 Å². The van der Waals surface area contributed by atoms with Crippen molar-refractivity contribution in [2.24, 2.45) is 5.41 Å². The molecular weight excluding hydrogens is 439 g/mol. The number of rotatable bonds is 9. The summed E-state index contributed by atoms with van der Waals surface area (Å²) in [6.45, 7) is 7.15. The summed E-state index contributed by atoms with van der Waals surface area (Å²) in [6.07, 6.45) is 4.63. The number of carboxylic acid groups (broad SMARTS) is 1. The monoisotopic (exact) mass is 474 g/mol. The van der Waals surface area contributed by atoms with E-state index in [0.717, 1.165) is 18.4 Å². The molecule has 4 rings (SSSR count). The summed E-state index contributed by atoms with van der Waals surface area (Å²) in [5.41, 5.74) is 6.78. The van der Waals surface area contributed by atoms with Crippen LogP contribution in [0.5, 0.6) is 5.75 Å². The number of benzene rings is 3. The molecule has 4 heteroatoms.